The molecule has 2 unspecified atom stereocenters. The van der Waals surface area contributed by atoms with Gasteiger partial charge >= 0.3 is 0 Å². The minimum absolute atomic E-state index is 0.109. The van der Waals surface area contributed by atoms with Gasteiger partial charge < -0.3 is 20.9 Å². The van der Waals surface area contributed by atoms with Gasteiger partial charge in [-0.2, -0.15) is 0 Å². The number of hydrogen-bond acceptors (Lipinski definition) is 5. The summed E-state index contributed by atoms with van der Waals surface area (Å²) in [6.07, 6.45) is 12.0. The van der Waals surface area contributed by atoms with Crippen LogP contribution in [0.1, 0.15) is 64.2 Å². The molecule has 2 saturated heterocycles. The van der Waals surface area contributed by atoms with Crippen LogP contribution in [-0.2, 0) is 14.4 Å². The molecule has 188 valence electrons. The average molecular weight is 480 g/mol. The zero-order valence-corrected chi connectivity index (χ0v) is 20.5. The van der Waals surface area contributed by atoms with E-state index in [1.165, 1.54) is 19.3 Å². The molecule has 3 amide bonds. The van der Waals surface area contributed by atoms with Gasteiger partial charge in [0.15, 0.2) is 0 Å². The van der Waals surface area contributed by atoms with Crippen LogP contribution in [0.3, 0.4) is 0 Å². The van der Waals surface area contributed by atoms with E-state index in [1.807, 2.05) is 17.0 Å². The number of aromatic nitrogens is 1. The van der Waals surface area contributed by atoms with E-state index in [2.05, 4.69) is 15.2 Å². The Labute approximate surface area is 207 Å². The van der Waals surface area contributed by atoms with Gasteiger partial charge in [-0.1, -0.05) is 0 Å². The molecule has 1 aromatic rings. The maximum absolute atomic E-state index is 13.9. The van der Waals surface area contributed by atoms with E-state index in [9.17, 15) is 14.4 Å². The lowest BCUT2D eigenvalue weighted by molar-refractivity contribution is -0.160. The highest BCUT2D eigenvalue weighted by molar-refractivity contribution is 5.98. The average Bonchev–Trinajstić information content (AvgIpc) is 3.33. The summed E-state index contributed by atoms with van der Waals surface area (Å²) < 4.78 is 0. The monoisotopic (exact) mass is 479 g/mol. The summed E-state index contributed by atoms with van der Waals surface area (Å²) in [6, 6.07) is 3.34. The lowest BCUT2D eigenvalue weighted by Gasteiger charge is -2.56. The van der Waals surface area contributed by atoms with E-state index in [-0.39, 0.29) is 29.1 Å². The Morgan fingerprint density at radius 1 is 0.971 bits per heavy atom. The number of pyridine rings is 1. The summed E-state index contributed by atoms with van der Waals surface area (Å²) >= 11 is 0. The number of piperidine rings is 1. The Bertz CT molecular complexity index is 973. The second-order valence-corrected chi connectivity index (χ2v) is 11.9. The number of nitrogens with one attached hydrogen (secondary N) is 1. The van der Waals surface area contributed by atoms with Crippen LogP contribution in [0.25, 0.3) is 0 Å². The third-order valence-corrected chi connectivity index (χ3v) is 9.47. The van der Waals surface area contributed by atoms with Gasteiger partial charge in [-0.05, 0) is 94.1 Å². The first-order valence-corrected chi connectivity index (χ1v) is 13.5. The fourth-order valence-corrected chi connectivity index (χ4v) is 8.25. The standard InChI is InChI=1S/C27H37N5O3/c28-24(33)20-3-1-7-31(16-20)23-6-5-21(15-29-23)30-25(34)22-4-2-8-32(22)26(35)27-12-17-9-18(13-27)11-19(10-17)14-27/h5-6,15,17-20,22H,1-4,7-14,16H2,(H2,28,33)(H,30,34). The molecule has 1 aromatic heterocycles. The molecule has 3 heterocycles. The lowest BCUT2D eigenvalue weighted by atomic mass is 9.49. The molecular weight excluding hydrogens is 442 g/mol. The molecule has 6 aliphatic rings. The number of carbonyl (C=O) groups excluding carboxylic acids is 3. The van der Waals surface area contributed by atoms with E-state index >= 15 is 0 Å². The van der Waals surface area contributed by atoms with E-state index in [0.29, 0.717) is 36.5 Å². The number of hydrogen-bond donors (Lipinski definition) is 2. The normalized spacial score (nSPS) is 35.8. The molecule has 2 aliphatic heterocycles. The van der Waals surface area contributed by atoms with Gasteiger partial charge in [0.2, 0.25) is 17.7 Å². The summed E-state index contributed by atoms with van der Waals surface area (Å²) in [5.74, 6) is 2.65. The molecule has 8 heteroatoms. The quantitative estimate of drug-likeness (QED) is 0.675. The van der Waals surface area contributed by atoms with Crippen molar-refractivity contribution in [2.75, 3.05) is 29.9 Å². The van der Waals surface area contributed by atoms with Crippen molar-refractivity contribution in [2.45, 2.75) is 70.3 Å². The number of anilines is 2. The van der Waals surface area contributed by atoms with Gasteiger partial charge in [0.1, 0.15) is 11.9 Å². The van der Waals surface area contributed by atoms with Gasteiger partial charge in [0.05, 0.1) is 23.2 Å². The molecular formula is C27H37N5O3. The minimum atomic E-state index is -0.395. The first-order chi connectivity index (χ1) is 16.9. The van der Waals surface area contributed by atoms with E-state index in [4.69, 9.17) is 5.73 Å². The molecule has 4 bridgehead atoms. The van der Waals surface area contributed by atoms with Crippen LogP contribution in [0, 0.1) is 29.1 Å². The zero-order valence-electron chi connectivity index (χ0n) is 20.5. The summed E-state index contributed by atoms with van der Waals surface area (Å²) in [5, 5.41) is 3.01. The molecule has 0 aromatic carbocycles. The first-order valence-electron chi connectivity index (χ1n) is 13.5. The van der Waals surface area contributed by atoms with Crippen LogP contribution in [0.4, 0.5) is 11.5 Å². The Hall–Kier alpha value is -2.64. The second kappa shape index (κ2) is 8.79. The summed E-state index contributed by atoms with van der Waals surface area (Å²) in [4.78, 5) is 47.2. The molecule has 6 fully saturated rings. The number of primary amides is 1. The van der Waals surface area contributed by atoms with Gasteiger partial charge in [-0.15, -0.1) is 0 Å². The summed E-state index contributed by atoms with van der Waals surface area (Å²) in [7, 11) is 0. The van der Waals surface area contributed by atoms with Crippen LogP contribution in [0.5, 0.6) is 0 Å². The maximum Gasteiger partial charge on any atom is 0.247 e. The smallest absolute Gasteiger partial charge is 0.247 e. The Morgan fingerprint density at radius 3 is 2.29 bits per heavy atom. The van der Waals surface area contributed by atoms with Crippen LogP contribution in [0.15, 0.2) is 18.3 Å². The minimum Gasteiger partial charge on any atom is -0.369 e. The summed E-state index contributed by atoms with van der Waals surface area (Å²) in [5.41, 5.74) is 5.93. The van der Waals surface area contributed by atoms with Crippen molar-refractivity contribution in [1.82, 2.24) is 9.88 Å². The number of likely N-dealkylation sites (tertiary alicyclic amines) is 1. The fourth-order valence-electron chi connectivity index (χ4n) is 8.25. The predicted octanol–water partition coefficient (Wildman–Crippen LogP) is 2.93. The van der Waals surface area contributed by atoms with Crippen LogP contribution in [0.2, 0.25) is 0 Å². The SMILES string of the molecule is NC(=O)C1CCCN(c2ccc(NC(=O)C3CCCN3C(=O)C34CC5CC(CC(C5)C3)C4)cn2)C1. The van der Waals surface area contributed by atoms with E-state index in [0.717, 1.165) is 57.3 Å². The van der Waals surface area contributed by atoms with Crippen molar-refractivity contribution >= 4 is 29.2 Å². The molecule has 35 heavy (non-hydrogen) atoms. The van der Waals surface area contributed by atoms with Crippen molar-refractivity contribution in [3.63, 3.8) is 0 Å². The summed E-state index contributed by atoms with van der Waals surface area (Å²) in [6.45, 7) is 2.11. The number of amides is 3. The number of carbonyl (C=O) groups is 3. The van der Waals surface area contributed by atoms with Crippen LogP contribution in [-0.4, -0.2) is 53.3 Å². The van der Waals surface area contributed by atoms with Crippen molar-refractivity contribution in [1.29, 1.82) is 0 Å². The fraction of sp³-hybridized carbons (Fsp3) is 0.704. The van der Waals surface area contributed by atoms with Gasteiger partial charge in [-0.25, -0.2) is 4.98 Å². The van der Waals surface area contributed by atoms with Crippen LogP contribution >= 0.6 is 0 Å². The highest BCUT2D eigenvalue weighted by Crippen LogP contribution is 2.60. The van der Waals surface area contributed by atoms with Crippen molar-refractivity contribution in [3.05, 3.63) is 18.3 Å². The highest BCUT2D eigenvalue weighted by atomic mass is 16.2. The van der Waals surface area contributed by atoms with Crippen molar-refractivity contribution in [2.24, 2.45) is 34.8 Å². The Kier molecular flexibility index (Phi) is 5.72. The molecule has 4 aliphatic carbocycles. The largest absolute Gasteiger partial charge is 0.369 e. The zero-order chi connectivity index (χ0) is 24.2. The van der Waals surface area contributed by atoms with E-state index in [1.54, 1.807) is 6.20 Å². The van der Waals surface area contributed by atoms with Gasteiger partial charge in [0.25, 0.3) is 0 Å². The van der Waals surface area contributed by atoms with Crippen molar-refractivity contribution < 1.29 is 14.4 Å². The molecule has 7 rings (SSSR count). The molecule has 0 radical (unpaired) electrons. The van der Waals surface area contributed by atoms with Gasteiger partial charge in [-0.3, -0.25) is 14.4 Å². The van der Waals surface area contributed by atoms with Gasteiger partial charge in [0, 0.05) is 19.6 Å². The predicted molar refractivity (Wildman–Crippen MR) is 132 cm³/mol. The molecule has 0 spiro atoms. The topological polar surface area (TPSA) is 109 Å². The Balaban J connectivity index is 1.11. The number of rotatable bonds is 5. The first kappa shape index (κ1) is 22.8. The molecule has 2 atom stereocenters. The third kappa shape index (κ3) is 4.19. The molecule has 8 nitrogen and oxygen atoms in total. The highest BCUT2D eigenvalue weighted by Gasteiger charge is 2.56. The maximum atomic E-state index is 13.9. The third-order valence-electron chi connectivity index (χ3n) is 9.47. The lowest BCUT2D eigenvalue weighted by Crippen LogP contribution is -2.56. The molecule has 4 saturated carbocycles. The van der Waals surface area contributed by atoms with Crippen LogP contribution < -0.4 is 16.0 Å². The van der Waals surface area contributed by atoms with E-state index < -0.39 is 6.04 Å². The number of nitrogens with zero attached hydrogens (tertiary/aromatic N) is 3. The van der Waals surface area contributed by atoms with Crippen molar-refractivity contribution in [3.8, 4) is 0 Å². The Morgan fingerprint density at radius 2 is 1.66 bits per heavy atom. The molecule has 3 N–H and O–H groups in total. The second-order valence-electron chi connectivity index (χ2n) is 11.9. The number of nitrogens with two attached hydrogens (primary N) is 1.